The van der Waals surface area contributed by atoms with Crippen LogP contribution in [0.3, 0.4) is 0 Å². The number of carbonyl (C=O) groups excluding carboxylic acids is 3. The third-order valence-corrected chi connectivity index (χ3v) is 13.5. The Morgan fingerprint density at radius 2 is 1.96 bits per heavy atom. The molecule has 2 aromatic carbocycles. The smallest absolute Gasteiger partial charge is 0.274 e. The molecule has 49 heavy (non-hydrogen) atoms. The van der Waals surface area contributed by atoms with Crippen molar-refractivity contribution < 1.29 is 31.9 Å². The maximum absolute atomic E-state index is 14.5. The van der Waals surface area contributed by atoms with Gasteiger partial charge in [-0.3, -0.25) is 19.1 Å². The molecule has 3 fully saturated rings. The van der Waals surface area contributed by atoms with Gasteiger partial charge in [-0.1, -0.05) is 64.4 Å². The lowest BCUT2D eigenvalue weighted by Gasteiger charge is -2.29. The summed E-state index contributed by atoms with van der Waals surface area (Å²) < 4.78 is 50.2. The first kappa shape index (κ1) is 34.3. The van der Waals surface area contributed by atoms with Crippen LogP contribution in [0.1, 0.15) is 69.8 Å². The number of hydrogen-bond acceptors (Lipinski definition) is 8. The molecule has 5 atom stereocenters. The number of sulfonamides is 1. The number of Topliss-reactive ketones (excluding diaryl/α,β-unsaturated/α-hetero) is 1. The Hall–Kier alpha value is -3.16. The summed E-state index contributed by atoms with van der Waals surface area (Å²) in [6.07, 6.45) is 9.15. The summed E-state index contributed by atoms with van der Waals surface area (Å²) in [5.41, 5.74) is 0.299. The van der Waals surface area contributed by atoms with E-state index in [1.54, 1.807) is 11.0 Å². The summed E-state index contributed by atoms with van der Waals surface area (Å²) in [5, 5.41) is -0.136. The number of carbonyl (C=O) groups is 3. The molecule has 1 N–H and O–H groups in total. The van der Waals surface area contributed by atoms with Crippen LogP contribution in [0.5, 0.6) is 5.19 Å². The second-order valence-corrected chi connectivity index (χ2v) is 17.8. The number of rotatable bonds is 7. The number of nitrogens with zero attached hydrogens (tertiary/aromatic N) is 2. The zero-order valence-electron chi connectivity index (χ0n) is 27.0. The van der Waals surface area contributed by atoms with E-state index >= 15 is 0 Å². The molecule has 1 saturated heterocycles. The van der Waals surface area contributed by atoms with E-state index in [9.17, 15) is 27.2 Å². The van der Waals surface area contributed by atoms with Crippen molar-refractivity contribution in [2.24, 2.45) is 17.3 Å². The van der Waals surface area contributed by atoms with Crippen molar-refractivity contribution in [1.29, 1.82) is 0 Å². The van der Waals surface area contributed by atoms with Gasteiger partial charge in [0.25, 0.3) is 5.19 Å². The van der Waals surface area contributed by atoms with Crippen LogP contribution in [0.25, 0.3) is 10.2 Å². The summed E-state index contributed by atoms with van der Waals surface area (Å²) in [6.45, 7) is 0.160. The second-order valence-electron chi connectivity index (χ2n) is 14.0. The number of ether oxygens (including phenoxy) is 1. The van der Waals surface area contributed by atoms with Crippen molar-refractivity contribution in [3.05, 3.63) is 70.5 Å². The highest BCUT2D eigenvalue weighted by molar-refractivity contribution is 9.10. The van der Waals surface area contributed by atoms with Gasteiger partial charge in [0.2, 0.25) is 21.8 Å². The molecule has 7 rings (SSSR count). The monoisotopic (exact) mass is 771 g/mol. The van der Waals surface area contributed by atoms with Gasteiger partial charge in [-0.25, -0.2) is 17.8 Å². The zero-order valence-corrected chi connectivity index (χ0v) is 30.2. The van der Waals surface area contributed by atoms with Crippen LogP contribution in [0, 0.1) is 23.1 Å². The van der Waals surface area contributed by atoms with E-state index in [1.807, 2.05) is 36.4 Å². The van der Waals surface area contributed by atoms with Gasteiger partial charge >= 0.3 is 0 Å². The highest BCUT2D eigenvalue weighted by Crippen LogP contribution is 2.57. The van der Waals surface area contributed by atoms with E-state index in [4.69, 9.17) is 4.74 Å². The minimum Gasteiger partial charge on any atom is -0.465 e. The van der Waals surface area contributed by atoms with Crippen molar-refractivity contribution >= 4 is 65.1 Å². The first-order chi connectivity index (χ1) is 23.5. The third kappa shape index (κ3) is 7.63. The van der Waals surface area contributed by atoms with Gasteiger partial charge in [-0.2, -0.15) is 0 Å². The molecule has 0 unspecified atom stereocenters. The molecule has 13 heteroatoms. The molecular formula is C36H39BrFN3O6S2. The molecule has 1 aromatic heterocycles. The van der Waals surface area contributed by atoms with E-state index in [1.165, 1.54) is 23.5 Å². The van der Waals surface area contributed by atoms with Crippen molar-refractivity contribution in [3.63, 3.8) is 0 Å². The predicted molar refractivity (Wildman–Crippen MR) is 188 cm³/mol. The lowest BCUT2D eigenvalue weighted by atomic mass is 9.90. The Labute approximate surface area is 297 Å². The van der Waals surface area contributed by atoms with Crippen LogP contribution in [0.4, 0.5) is 4.39 Å². The van der Waals surface area contributed by atoms with Crippen molar-refractivity contribution in [3.8, 4) is 5.19 Å². The molecule has 2 aliphatic carbocycles. The summed E-state index contributed by atoms with van der Waals surface area (Å²) >= 11 is 4.87. The van der Waals surface area contributed by atoms with E-state index in [-0.39, 0.29) is 42.8 Å². The molecule has 2 saturated carbocycles. The minimum atomic E-state index is -3.81. The van der Waals surface area contributed by atoms with Gasteiger partial charge in [0.1, 0.15) is 11.9 Å². The summed E-state index contributed by atoms with van der Waals surface area (Å²) in [5.74, 6) is -2.24. The number of ketones is 1. The van der Waals surface area contributed by atoms with E-state index in [0.717, 1.165) is 40.4 Å². The summed E-state index contributed by atoms with van der Waals surface area (Å²) in [7, 11) is -3.81. The van der Waals surface area contributed by atoms with Crippen LogP contribution < -0.4 is 9.46 Å². The molecular weight excluding hydrogens is 733 g/mol. The van der Waals surface area contributed by atoms with Gasteiger partial charge in [-0.15, -0.1) is 0 Å². The van der Waals surface area contributed by atoms with Gasteiger partial charge in [0.05, 0.1) is 33.5 Å². The largest absolute Gasteiger partial charge is 0.465 e. The first-order valence-corrected chi connectivity index (χ1v) is 20.2. The fraction of sp³-hybridized carbons (Fsp3) is 0.500. The molecule has 4 aliphatic rings. The van der Waals surface area contributed by atoms with Crippen molar-refractivity contribution in [2.45, 2.75) is 88.0 Å². The molecule has 3 aromatic rings. The molecule has 0 bridgehead atoms. The molecule has 9 nitrogen and oxygen atoms in total. The second kappa shape index (κ2) is 13.9. The van der Waals surface area contributed by atoms with Crippen LogP contribution in [0.2, 0.25) is 0 Å². The maximum atomic E-state index is 14.5. The standard InChI is InChI=1S/C36H39BrFN3O6S2/c37-25-11-14-29-32(17-25)48-35(39-29)47-27-18-30-31(42)20-36(34(44)40-49(45,46)28-12-13-28)19-24(36)9-5-3-1-2-4-8-23(33(43)41(30)21-27)15-22-7-6-10-26(38)16-22/h5-7,9-11,14,16-17,23-24,27-28,30H,1-4,8,12-13,15,18-21H2,(H,40,44)/b9-5-/t23-,24-,27-,30+,36-/m1/s1. The maximum Gasteiger partial charge on any atom is 0.274 e. The van der Waals surface area contributed by atoms with Gasteiger partial charge in [0.15, 0.2) is 5.78 Å². The number of benzene rings is 2. The highest BCUT2D eigenvalue weighted by Gasteiger charge is 2.61. The topological polar surface area (TPSA) is 123 Å². The number of thiazole rings is 1. The van der Waals surface area contributed by atoms with E-state index < -0.39 is 44.7 Å². The minimum absolute atomic E-state index is 0.160. The number of aromatic nitrogens is 1. The molecule has 0 spiro atoms. The van der Waals surface area contributed by atoms with Crippen molar-refractivity contribution in [1.82, 2.24) is 14.6 Å². The van der Waals surface area contributed by atoms with E-state index in [0.29, 0.717) is 42.9 Å². The van der Waals surface area contributed by atoms with Crippen LogP contribution in [-0.2, 0) is 30.8 Å². The number of fused-ring (bicyclic) bond motifs is 3. The normalized spacial score (nSPS) is 28.7. The SMILES string of the molecule is O=C1C[C@]2(C(=O)NS(=O)(=O)C3CC3)C[C@H]2/C=C\CCCCC[C@H](Cc2cccc(F)c2)C(=O)N2C[C@H](Oc3nc4ccc(Br)cc4s3)C[C@@H]12. The Bertz CT molecular complexity index is 1910. The molecule has 2 amide bonds. The molecule has 3 heterocycles. The lowest BCUT2D eigenvalue weighted by molar-refractivity contribution is -0.142. The number of amides is 2. The van der Waals surface area contributed by atoms with Gasteiger partial charge < -0.3 is 9.64 Å². The Morgan fingerprint density at radius 1 is 1.12 bits per heavy atom. The Balaban J connectivity index is 1.18. The third-order valence-electron chi connectivity index (χ3n) is 10.3. The fourth-order valence-electron chi connectivity index (χ4n) is 7.34. The van der Waals surface area contributed by atoms with Crippen LogP contribution in [-0.4, -0.2) is 59.8 Å². The molecule has 0 radical (unpaired) electrons. The average molecular weight is 773 g/mol. The Kier molecular flexibility index (Phi) is 9.70. The predicted octanol–water partition coefficient (Wildman–Crippen LogP) is 6.50. The lowest BCUT2D eigenvalue weighted by Crippen LogP contribution is -2.46. The van der Waals surface area contributed by atoms with E-state index in [2.05, 4.69) is 25.6 Å². The molecule has 2 aliphatic heterocycles. The van der Waals surface area contributed by atoms with Gasteiger partial charge in [0, 0.05) is 23.2 Å². The zero-order chi connectivity index (χ0) is 34.3. The average Bonchev–Trinajstić information content (AvgIpc) is 3.95. The van der Waals surface area contributed by atoms with Crippen LogP contribution in [0.15, 0.2) is 59.1 Å². The number of nitrogens with one attached hydrogen (secondary N) is 1. The Morgan fingerprint density at radius 3 is 2.76 bits per heavy atom. The van der Waals surface area contributed by atoms with Gasteiger partial charge in [-0.05, 0) is 86.8 Å². The number of allylic oxidation sites excluding steroid dienone is 2. The quantitative estimate of drug-likeness (QED) is 0.272. The number of hydrogen-bond donors (Lipinski definition) is 1. The van der Waals surface area contributed by atoms with Crippen LogP contribution >= 0.6 is 27.3 Å². The van der Waals surface area contributed by atoms with Crippen molar-refractivity contribution in [2.75, 3.05) is 6.54 Å². The highest BCUT2D eigenvalue weighted by atomic mass is 79.9. The summed E-state index contributed by atoms with van der Waals surface area (Å²) in [6, 6.07) is 11.1. The summed E-state index contributed by atoms with van der Waals surface area (Å²) in [4.78, 5) is 48.7. The first-order valence-electron chi connectivity index (χ1n) is 17.0. The number of halogens is 2. The molecule has 260 valence electrons. The fourth-order valence-corrected chi connectivity index (χ4v) is 10.2.